The van der Waals surface area contributed by atoms with Gasteiger partial charge in [-0.15, -0.1) is 0 Å². The van der Waals surface area contributed by atoms with Gasteiger partial charge in [0.2, 0.25) is 0 Å². The molecule has 0 amide bonds. The summed E-state index contributed by atoms with van der Waals surface area (Å²) in [4.78, 5) is 12.6. The molecule has 0 aromatic heterocycles. The van der Waals surface area contributed by atoms with Crippen LogP contribution in [0.4, 0.5) is 13.2 Å². The van der Waals surface area contributed by atoms with Gasteiger partial charge in [0.15, 0.2) is 0 Å². The van der Waals surface area contributed by atoms with E-state index in [0.29, 0.717) is 12.8 Å². The highest BCUT2D eigenvalue weighted by molar-refractivity contribution is 5.72. The predicted molar refractivity (Wildman–Crippen MR) is 59.1 cm³/mol. The first kappa shape index (κ1) is 13.6. The number of carboxylic acid groups (broad SMARTS) is 1. The summed E-state index contributed by atoms with van der Waals surface area (Å²) in [5, 5.41) is 8.96. The number of carbonyl (C=O) groups is 1. The highest BCUT2D eigenvalue weighted by atomic mass is 19.4. The third-order valence-electron chi connectivity index (χ3n) is 4.61. The van der Waals surface area contributed by atoms with Crippen LogP contribution in [0.25, 0.3) is 0 Å². The third-order valence-corrected chi connectivity index (χ3v) is 4.61. The van der Waals surface area contributed by atoms with Crippen LogP contribution < -0.4 is 0 Å². The molecular weight excluding hydrogens is 247 g/mol. The largest absolute Gasteiger partial charge is 0.480 e. The Morgan fingerprint density at radius 1 is 1.44 bits per heavy atom. The lowest BCUT2D eigenvalue weighted by Gasteiger charge is -2.54. The molecule has 0 aromatic rings. The average Bonchev–Trinajstić information content (AvgIpc) is 2.23. The minimum absolute atomic E-state index is 0.0289. The fourth-order valence-corrected chi connectivity index (χ4v) is 3.33. The number of likely N-dealkylation sites (tertiary alicyclic amines) is 1. The van der Waals surface area contributed by atoms with Gasteiger partial charge in [0.25, 0.3) is 0 Å². The Kier molecular flexibility index (Phi) is 3.34. The SMILES string of the molecule is C[C@H](C(=O)O)N1CC[C@@H](C(F)(F)F)C2(CCC2)C1. The number of carboxylic acids is 1. The zero-order valence-corrected chi connectivity index (χ0v) is 10.3. The molecule has 18 heavy (non-hydrogen) atoms. The van der Waals surface area contributed by atoms with Crippen LogP contribution in [0, 0.1) is 11.3 Å². The molecule has 0 unspecified atom stereocenters. The van der Waals surface area contributed by atoms with Crippen LogP contribution in [-0.2, 0) is 4.79 Å². The van der Waals surface area contributed by atoms with E-state index in [1.165, 1.54) is 0 Å². The van der Waals surface area contributed by atoms with Crippen molar-refractivity contribution in [2.75, 3.05) is 13.1 Å². The van der Waals surface area contributed by atoms with Crippen molar-refractivity contribution < 1.29 is 23.1 Å². The van der Waals surface area contributed by atoms with Gasteiger partial charge < -0.3 is 5.11 Å². The van der Waals surface area contributed by atoms with Crippen LogP contribution in [0.5, 0.6) is 0 Å². The number of piperidine rings is 1. The molecule has 0 radical (unpaired) electrons. The van der Waals surface area contributed by atoms with Crippen molar-refractivity contribution in [3.63, 3.8) is 0 Å². The quantitative estimate of drug-likeness (QED) is 0.834. The standard InChI is InChI=1S/C12H18F3NO2/c1-8(10(17)18)16-6-3-9(12(13,14)15)11(7-16)4-2-5-11/h8-9H,2-7H2,1H3,(H,17,18)/t8-,9-/m1/s1. The van der Waals surface area contributed by atoms with Gasteiger partial charge in [0.05, 0.1) is 5.92 Å². The predicted octanol–water partition coefficient (Wildman–Crippen LogP) is 2.51. The maximum absolute atomic E-state index is 13.0. The van der Waals surface area contributed by atoms with Crippen molar-refractivity contribution in [3.05, 3.63) is 0 Å². The zero-order valence-electron chi connectivity index (χ0n) is 10.3. The molecule has 1 spiro atoms. The summed E-state index contributed by atoms with van der Waals surface area (Å²) in [6.07, 6.45) is -2.16. The Morgan fingerprint density at radius 3 is 2.44 bits per heavy atom. The fraction of sp³-hybridized carbons (Fsp3) is 0.917. The van der Waals surface area contributed by atoms with Crippen LogP contribution in [0.2, 0.25) is 0 Å². The molecule has 2 rings (SSSR count). The number of nitrogens with zero attached hydrogens (tertiary/aromatic N) is 1. The van der Waals surface area contributed by atoms with Gasteiger partial charge in [-0.3, -0.25) is 9.69 Å². The Balaban J connectivity index is 2.13. The smallest absolute Gasteiger partial charge is 0.392 e. The molecule has 1 aliphatic heterocycles. The summed E-state index contributed by atoms with van der Waals surface area (Å²) in [6, 6.07) is -0.698. The molecule has 2 atom stereocenters. The van der Waals surface area contributed by atoms with Gasteiger partial charge in [-0.1, -0.05) is 6.42 Å². The van der Waals surface area contributed by atoms with E-state index in [1.807, 2.05) is 0 Å². The Hall–Kier alpha value is -0.780. The van der Waals surface area contributed by atoms with Crippen molar-refractivity contribution >= 4 is 5.97 Å². The highest BCUT2D eigenvalue weighted by Crippen LogP contribution is 2.56. The zero-order chi connectivity index (χ0) is 13.6. The van der Waals surface area contributed by atoms with E-state index in [4.69, 9.17) is 5.11 Å². The summed E-state index contributed by atoms with van der Waals surface area (Å²) in [7, 11) is 0. The molecule has 6 heteroatoms. The first-order valence-corrected chi connectivity index (χ1v) is 6.30. The number of alkyl halides is 3. The van der Waals surface area contributed by atoms with E-state index in [0.717, 1.165) is 6.42 Å². The van der Waals surface area contributed by atoms with Crippen molar-refractivity contribution in [3.8, 4) is 0 Å². The van der Waals surface area contributed by atoms with Crippen LogP contribution in [0.3, 0.4) is 0 Å². The average molecular weight is 265 g/mol. The Morgan fingerprint density at radius 2 is 2.06 bits per heavy atom. The topological polar surface area (TPSA) is 40.5 Å². The summed E-state index contributed by atoms with van der Waals surface area (Å²) in [5.41, 5.74) is -0.722. The second-order valence-electron chi connectivity index (χ2n) is 5.58. The summed E-state index contributed by atoms with van der Waals surface area (Å²) < 4.78 is 39.0. The maximum atomic E-state index is 13.0. The van der Waals surface area contributed by atoms with Crippen LogP contribution in [0.1, 0.15) is 32.6 Å². The number of halogens is 3. The minimum Gasteiger partial charge on any atom is -0.480 e. The van der Waals surface area contributed by atoms with E-state index in [-0.39, 0.29) is 19.5 Å². The highest BCUT2D eigenvalue weighted by Gasteiger charge is 2.58. The lowest BCUT2D eigenvalue weighted by atomic mass is 9.58. The summed E-state index contributed by atoms with van der Waals surface area (Å²) >= 11 is 0. The molecule has 104 valence electrons. The number of rotatable bonds is 2. The number of hydrogen-bond donors (Lipinski definition) is 1. The first-order chi connectivity index (χ1) is 8.26. The summed E-state index contributed by atoms with van der Waals surface area (Å²) in [5.74, 6) is -2.22. The van der Waals surface area contributed by atoms with Gasteiger partial charge in [0.1, 0.15) is 6.04 Å². The lowest BCUT2D eigenvalue weighted by molar-refractivity contribution is -0.239. The normalized spacial score (nSPS) is 29.9. The van der Waals surface area contributed by atoms with Crippen LogP contribution >= 0.6 is 0 Å². The van der Waals surface area contributed by atoms with E-state index in [9.17, 15) is 18.0 Å². The van der Waals surface area contributed by atoms with Gasteiger partial charge in [-0.05, 0) is 38.1 Å². The molecule has 1 saturated carbocycles. The molecule has 1 saturated heterocycles. The molecule has 0 bridgehead atoms. The Bertz CT molecular complexity index is 339. The third kappa shape index (κ3) is 2.22. The monoisotopic (exact) mass is 265 g/mol. The van der Waals surface area contributed by atoms with Crippen LogP contribution in [0.15, 0.2) is 0 Å². The molecule has 2 fully saturated rings. The minimum atomic E-state index is -4.15. The van der Waals surface area contributed by atoms with Crippen molar-refractivity contribution in [2.24, 2.45) is 11.3 Å². The molecular formula is C12H18F3NO2. The van der Waals surface area contributed by atoms with E-state index < -0.39 is 29.5 Å². The van der Waals surface area contributed by atoms with Crippen molar-refractivity contribution in [2.45, 2.75) is 44.8 Å². The first-order valence-electron chi connectivity index (χ1n) is 6.30. The van der Waals surface area contributed by atoms with Gasteiger partial charge >= 0.3 is 12.1 Å². The van der Waals surface area contributed by atoms with Crippen LogP contribution in [-0.4, -0.2) is 41.3 Å². The molecule has 1 N–H and O–H groups in total. The van der Waals surface area contributed by atoms with E-state index in [2.05, 4.69) is 0 Å². The summed E-state index contributed by atoms with van der Waals surface area (Å²) in [6.45, 7) is 2.03. The molecule has 1 heterocycles. The van der Waals surface area contributed by atoms with Crippen molar-refractivity contribution in [1.29, 1.82) is 0 Å². The number of aliphatic carboxylic acids is 1. The molecule has 1 aliphatic carbocycles. The van der Waals surface area contributed by atoms with Crippen molar-refractivity contribution in [1.82, 2.24) is 4.90 Å². The second kappa shape index (κ2) is 4.40. The molecule has 2 aliphatic rings. The van der Waals surface area contributed by atoms with E-state index >= 15 is 0 Å². The molecule has 3 nitrogen and oxygen atoms in total. The lowest BCUT2D eigenvalue weighted by Crippen LogP contribution is -2.59. The van der Waals surface area contributed by atoms with Gasteiger partial charge in [0, 0.05) is 6.54 Å². The van der Waals surface area contributed by atoms with E-state index in [1.54, 1.807) is 11.8 Å². The van der Waals surface area contributed by atoms with Gasteiger partial charge in [-0.2, -0.15) is 13.2 Å². The maximum Gasteiger partial charge on any atom is 0.392 e. The second-order valence-corrected chi connectivity index (χ2v) is 5.58. The molecule has 0 aromatic carbocycles. The van der Waals surface area contributed by atoms with Gasteiger partial charge in [-0.25, -0.2) is 0 Å². The fourth-order valence-electron chi connectivity index (χ4n) is 3.33. The number of hydrogen-bond acceptors (Lipinski definition) is 2. The Labute approximate surface area is 104 Å².